The van der Waals surface area contributed by atoms with Gasteiger partial charge >= 0.3 is 0 Å². The van der Waals surface area contributed by atoms with Gasteiger partial charge in [-0.15, -0.1) is 0 Å². The Kier molecular flexibility index (Phi) is 2.34. The first-order valence-corrected chi connectivity index (χ1v) is 5.70. The van der Waals surface area contributed by atoms with Crippen molar-refractivity contribution in [3.8, 4) is 0 Å². The molecule has 2 rings (SSSR count). The predicted octanol–water partition coefficient (Wildman–Crippen LogP) is 3.58. The summed E-state index contributed by atoms with van der Waals surface area (Å²) in [7, 11) is 0. The SMILES string of the molecule is CC(C)c1nc2cc(Br)cnc2s1. The molecular formula is C9H9BrN2S. The number of rotatable bonds is 1. The maximum Gasteiger partial charge on any atom is 0.143 e. The minimum Gasteiger partial charge on any atom is -0.242 e. The van der Waals surface area contributed by atoms with E-state index in [0.29, 0.717) is 5.92 Å². The second kappa shape index (κ2) is 3.35. The van der Waals surface area contributed by atoms with Gasteiger partial charge < -0.3 is 0 Å². The molecule has 0 saturated carbocycles. The predicted molar refractivity (Wildman–Crippen MR) is 59.2 cm³/mol. The number of fused-ring (bicyclic) bond motifs is 1. The van der Waals surface area contributed by atoms with Gasteiger partial charge in [0.15, 0.2) is 0 Å². The van der Waals surface area contributed by atoms with Crippen molar-refractivity contribution in [3.05, 3.63) is 21.7 Å². The maximum absolute atomic E-state index is 4.50. The molecule has 0 aliphatic rings. The van der Waals surface area contributed by atoms with E-state index in [9.17, 15) is 0 Å². The zero-order valence-electron chi connectivity index (χ0n) is 7.41. The van der Waals surface area contributed by atoms with Crippen LogP contribution in [0.3, 0.4) is 0 Å². The number of hydrogen-bond acceptors (Lipinski definition) is 3. The Bertz CT molecular complexity index is 436. The molecule has 68 valence electrons. The van der Waals surface area contributed by atoms with Gasteiger partial charge in [-0.25, -0.2) is 9.97 Å². The molecule has 0 radical (unpaired) electrons. The van der Waals surface area contributed by atoms with Crippen LogP contribution in [0.5, 0.6) is 0 Å². The van der Waals surface area contributed by atoms with Gasteiger partial charge in [0.2, 0.25) is 0 Å². The van der Waals surface area contributed by atoms with Crippen molar-refractivity contribution in [3.63, 3.8) is 0 Å². The lowest BCUT2D eigenvalue weighted by Crippen LogP contribution is -1.82. The van der Waals surface area contributed by atoms with Crippen molar-refractivity contribution in [1.29, 1.82) is 0 Å². The first-order chi connectivity index (χ1) is 6.16. The van der Waals surface area contributed by atoms with Crippen LogP contribution in [0.2, 0.25) is 0 Å². The van der Waals surface area contributed by atoms with Gasteiger partial charge in [0.25, 0.3) is 0 Å². The number of halogens is 1. The summed E-state index contributed by atoms with van der Waals surface area (Å²) >= 11 is 5.05. The topological polar surface area (TPSA) is 25.8 Å². The van der Waals surface area contributed by atoms with E-state index in [-0.39, 0.29) is 0 Å². The Hall–Kier alpha value is -0.480. The highest BCUT2D eigenvalue weighted by Crippen LogP contribution is 2.26. The summed E-state index contributed by atoms with van der Waals surface area (Å²) in [6, 6.07) is 2.00. The van der Waals surface area contributed by atoms with Crippen LogP contribution in [0.4, 0.5) is 0 Å². The average Bonchev–Trinajstić information content (AvgIpc) is 2.46. The van der Waals surface area contributed by atoms with Crippen LogP contribution in [-0.2, 0) is 0 Å². The Balaban J connectivity index is 2.62. The number of hydrogen-bond donors (Lipinski definition) is 0. The quantitative estimate of drug-likeness (QED) is 0.780. The third-order valence-corrected chi connectivity index (χ3v) is 3.44. The smallest absolute Gasteiger partial charge is 0.143 e. The van der Waals surface area contributed by atoms with Crippen LogP contribution in [0.25, 0.3) is 10.3 Å². The number of thiazole rings is 1. The summed E-state index contributed by atoms with van der Waals surface area (Å²) in [4.78, 5) is 9.81. The minimum atomic E-state index is 0.484. The van der Waals surface area contributed by atoms with Gasteiger partial charge in [-0.05, 0) is 22.0 Å². The minimum absolute atomic E-state index is 0.484. The molecule has 0 fully saturated rings. The van der Waals surface area contributed by atoms with Crippen molar-refractivity contribution in [2.45, 2.75) is 19.8 Å². The lowest BCUT2D eigenvalue weighted by molar-refractivity contribution is 0.857. The average molecular weight is 257 g/mol. The second-order valence-corrected chi connectivity index (χ2v) is 5.11. The Morgan fingerprint density at radius 2 is 2.23 bits per heavy atom. The van der Waals surface area contributed by atoms with E-state index in [1.165, 1.54) is 0 Å². The molecule has 2 aromatic heterocycles. The fourth-order valence-corrected chi connectivity index (χ4v) is 2.27. The van der Waals surface area contributed by atoms with Gasteiger partial charge in [-0.1, -0.05) is 25.2 Å². The molecule has 2 heterocycles. The first kappa shape index (κ1) is 9.09. The molecule has 0 amide bonds. The standard InChI is InChI=1S/C9H9BrN2S/c1-5(2)8-12-7-3-6(10)4-11-9(7)13-8/h3-5H,1-2H3. The van der Waals surface area contributed by atoms with Crippen molar-refractivity contribution >= 4 is 37.6 Å². The van der Waals surface area contributed by atoms with Crippen molar-refractivity contribution < 1.29 is 0 Å². The summed E-state index contributed by atoms with van der Waals surface area (Å²) in [6.07, 6.45) is 1.81. The molecule has 2 nitrogen and oxygen atoms in total. The van der Waals surface area contributed by atoms with Crippen molar-refractivity contribution in [2.75, 3.05) is 0 Å². The lowest BCUT2D eigenvalue weighted by atomic mass is 10.2. The van der Waals surface area contributed by atoms with E-state index in [0.717, 1.165) is 19.8 Å². The third kappa shape index (κ3) is 1.74. The number of pyridine rings is 1. The molecule has 0 bridgehead atoms. The largest absolute Gasteiger partial charge is 0.242 e. The highest BCUT2D eigenvalue weighted by molar-refractivity contribution is 9.10. The molecule has 0 aliphatic heterocycles. The first-order valence-electron chi connectivity index (χ1n) is 4.09. The molecule has 0 spiro atoms. The van der Waals surface area contributed by atoms with Crippen molar-refractivity contribution in [1.82, 2.24) is 9.97 Å². The summed E-state index contributed by atoms with van der Waals surface area (Å²) in [6.45, 7) is 4.29. The highest BCUT2D eigenvalue weighted by Gasteiger charge is 2.07. The van der Waals surface area contributed by atoms with Gasteiger partial charge in [-0.3, -0.25) is 0 Å². The molecule has 13 heavy (non-hydrogen) atoms. The zero-order valence-corrected chi connectivity index (χ0v) is 9.82. The summed E-state index contributed by atoms with van der Waals surface area (Å²) < 4.78 is 0.987. The van der Waals surface area contributed by atoms with Crippen LogP contribution in [0.15, 0.2) is 16.7 Å². The van der Waals surface area contributed by atoms with E-state index in [4.69, 9.17) is 0 Å². The Morgan fingerprint density at radius 3 is 2.92 bits per heavy atom. The lowest BCUT2D eigenvalue weighted by Gasteiger charge is -1.94. The third-order valence-electron chi connectivity index (χ3n) is 1.72. The van der Waals surface area contributed by atoms with Crippen LogP contribution in [-0.4, -0.2) is 9.97 Å². The Labute approximate surface area is 89.2 Å². The number of nitrogens with zero attached hydrogens (tertiary/aromatic N) is 2. The van der Waals surface area contributed by atoms with Crippen LogP contribution >= 0.6 is 27.3 Å². The van der Waals surface area contributed by atoms with E-state index < -0.39 is 0 Å². The molecule has 2 aromatic rings. The normalized spacial score (nSPS) is 11.4. The molecule has 0 aliphatic carbocycles. The van der Waals surface area contributed by atoms with E-state index in [1.807, 2.05) is 12.3 Å². The van der Waals surface area contributed by atoms with Crippen LogP contribution in [0.1, 0.15) is 24.8 Å². The second-order valence-electron chi connectivity index (χ2n) is 3.18. The summed E-state index contributed by atoms with van der Waals surface area (Å²) in [5, 5.41) is 1.15. The Morgan fingerprint density at radius 1 is 1.46 bits per heavy atom. The molecule has 0 aromatic carbocycles. The fraction of sp³-hybridized carbons (Fsp3) is 0.333. The molecule has 4 heteroatoms. The van der Waals surface area contributed by atoms with Crippen LogP contribution < -0.4 is 0 Å². The van der Waals surface area contributed by atoms with E-state index in [1.54, 1.807) is 11.3 Å². The van der Waals surface area contributed by atoms with Gasteiger partial charge in [0.05, 0.1) is 5.01 Å². The summed E-state index contributed by atoms with van der Waals surface area (Å²) in [5.74, 6) is 0.484. The molecule has 0 saturated heterocycles. The molecule has 0 N–H and O–H groups in total. The molecule has 0 atom stereocenters. The van der Waals surface area contributed by atoms with Gasteiger partial charge in [0, 0.05) is 16.6 Å². The zero-order chi connectivity index (χ0) is 9.42. The number of aromatic nitrogens is 2. The maximum atomic E-state index is 4.50. The molecule has 0 unspecified atom stereocenters. The van der Waals surface area contributed by atoms with Gasteiger partial charge in [0.1, 0.15) is 10.3 Å². The molecular weight excluding hydrogens is 248 g/mol. The summed E-state index contributed by atoms with van der Waals surface area (Å²) in [5.41, 5.74) is 0.989. The fourth-order valence-electron chi connectivity index (χ4n) is 1.06. The van der Waals surface area contributed by atoms with E-state index >= 15 is 0 Å². The van der Waals surface area contributed by atoms with Crippen LogP contribution in [0, 0.1) is 0 Å². The highest BCUT2D eigenvalue weighted by atomic mass is 79.9. The monoisotopic (exact) mass is 256 g/mol. The van der Waals surface area contributed by atoms with Crippen molar-refractivity contribution in [2.24, 2.45) is 0 Å². The van der Waals surface area contributed by atoms with Gasteiger partial charge in [-0.2, -0.15) is 0 Å². The van der Waals surface area contributed by atoms with E-state index in [2.05, 4.69) is 39.7 Å².